The fourth-order valence-corrected chi connectivity index (χ4v) is 5.44. The van der Waals surface area contributed by atoms with Crippen molar-refractivity contribution < 1.29 is 28.2 Å². The molecule has 1 saturated heterocycles. The summed E-state index contributed by atoms with van der Waals surface area (Å²) in [5.74, 6) is -2.35. The maximum atomic E-state index is 15.5. The number of nitriles is 1. The fraction of sp³-hybridized carbons (Fsp3) is 0.538. The van der Waals surface area contributed by atoms with Gasteiger partial charge in [-0.1, -0.05) is 0 Å². The van der Waals surface area contributed by atoms with E-state index in [1.807, 2.05) is 6.07 Å². The number of halogens is 2. The summed E-state index contributed by atoms with van der Waals surface area (Å²) in [6.07, 6.45) is 1.55. The molecule has 9 nitrogen and oxygen atoms in total. The van der Waals surface area contributed by atoms with Gasteiger partial charge in [-0.3, -0.25) is 4.79 Å². The summed E-state index contributed by atoms with van der Waals surface area (Å²) in [4.78, 5) is 38.6. The maximum absolute atomic E-state index is 15.5. The lowest BCUT2D eigenvalue weighted by Crippen LogP contribution is -2.45. The Kier molecular flexibility index (Phi) is 5.69. The first-order valence-electron chi connectivity index (χ1n) is 12.3. The number of hydrogen-bond donors (Lipinski definition) is 2. The van der Waals surface area contributed by atoms with E-state index in [9.17, 15) is 29.1 Å². The molecule has 2 heterocycles. The molecule has 0 bridgehead atoms. The number of carbonyl (C=O) groups is 2. The van der Waals surface area contributed by atoms with Crippen LogP contribution < -0.4 is 15.6 Å². The molecule has 1 aromatic heterocycles. The van der Waals surface area contributed by atoms with Crippen molar-refractivity contribution in [2.24, 2.45) is 5.92 Å². The molecule has 3 atom stereocenters. The van der Waals surface area contributed by atoms with E-state index in [1.165, 1.54) is 4.57 Å². The summed E-state index contributed by atoms with van der Waals surface area (Å²) in [6, 6.07) is 2.22. The van der Waals surface area contributed by atoms with Crippen molar-refractivity contribution in [1.82, 2.24) is 9.88 Å². The van der Waals surface area contributed by atoms with E-state index in [2.05, 4.69) is 5.32 Å². The third kappa shape index (κ3) is 4.38. The summed E-state index contributed by atoms with van der Waals surface area (Å²) in [7, 11) is 0. The Morgan fingerprint density at radius 1 is 1.32 bits per heavy atom. The minimum atomic E-state index is -1.51. The van der Waals surface area contributed by atoms with Gasteiger partial charge in [0, 0.05) is 37.2 Å². The van der Waals surface area contributed by atoms with Gasteiger partial charge in [0.05, 0.1) is 22.6 Å². The summed E-state index contributed by atoms with van der Waals surface area (Å²) in [5, 5.41) is 22.3. The van der Waals surface area contributed by atoms with Gasteiger partial charge in [-0.2, -0.15) is 5.26 Å². The molecular weight excluding hydrogens is 486 g/mol. The monoisotopic (exact) mass is 514 g/mol. The van der Waals surface area contributed by atoms with Crippen LogP contribution in [0.3, 0.4) is 0 Å². The summed E-state index contributed by atoms with van der Waals surface area (Å²) in [5.41, 5.74) is -2.73. The van der Waals surface area contributed by atoms with Crippen LogP contribution in [-0.4, -0.2) is 52.1 Å². The van der Waals surface area contributed by atoms with Gasteiger partial charge in [0.1, 0.15) is 34.8 Å². The number of fused-ring (bicyclic) bond motifs is 1. The number of aromatic nitrogens is 1. The zero-order chi connectivity index (χ0) is 26.9. The number of alkyl carbamates (subject to hydrolysis) is 1. The molecule has 2 aliphatic carbocycles. The van der Waals surface area contributed by atoms with E-state index in [4.69, 9.17) is 4.74 Å². The number of nitrogens with one attached hydrogen (secondary N) is 1. The number of carboxylic acids is 1. The first-order valence-corrected chi connectivity index (χ1v) is 12.3. The molecular formula is C26H28F2N4O5. The average molecular weight is 515 g/mol. The second-order valence-corrected chi connectivity index (χ2v) is 11.2. The zero-order valence-electron chi connectivity index (χ0n) is 20.8. The van der Waals surface area contributed by atoms with E-state index in [1.54, 1.807) is 25.7 Å². The number of pyridine rings is 1. The number of benzene rings is 1. The number of anilines is 1. The van der Waals surface area contributed by atoms with Crippen LogP contribution in [0.2, 0.25) is 0 Å². The van der Waals surface area contributed by atoms with E-state index in [-0.39, 0.29) is 34.5 Å². The largest absolute Gasteiger partial charge is 0.477 e. The van der Waals surface area contributed by atoms with Crippen LogP contribution in [0.1, 0.15) is 68.4 Å². The van der Waals surface area contributed by atoms with Crippen LogP contribution in [-0.2, 0) is 4.74 Å². The second-order valence-electron chi connectivity index (χ2n) is 11.2. The molecule has 2 saturated carbocycles. The van der Waals surface area contributed by atoms with E-state index in [0.29, 0.717) is 19.5 Å². The van der Waals surface area contributed by atoms with Crippen molar-refractivity contribution in [3.05, 3.63) is 39.4 Å². The third-order valence-corrected chi connectivity index (χ3v) is 7.45. The van der Waals surface area contributed by atoms with Crippen molar-refractivity contribution in [2.45, 2.75) is 69.8 Å². The molecule has 196 valence electrons. The number of hydrogen-bond acceptors (Lipinski definition) is 6. The highest BCUT2D eigenvalue weighted by atomic mass is 19.1. The Hall–Kier alpha value is -3.68. The van der Waals surface area contributed by atoms with E-state index < -0.39 is 52.2 Å². The number of aromatic carboxylic acids is 1. The van der Waals surface area contributed by atoms with Crippen molar-refractivity contribution in [3.8, 4) is 6.07 Å². The van der Waals surface area contributed by atoms with Crippen molar-refractivity contribution in [3.63, 3.8) is 0 Å². The molecule has 11 heteroatoms. The zero-order valence-corrected chi connectivity index (χ0v) is 20.8. The predicted octanol–water partition coefficient (Wildman–Crippen LogP) is 3.88. The highest BCUT2D eigenvalue weighted by molar-refractivity contribution is 5.96. The molecule has 1 amide bonds. The minimum absolute atomic E-state index is 0.00199. The Balaban J connectivity index is 1.52. The van der Waals surface area contributed by atoms with Crippen molar-refractivity contribution >= 4 is 28.7 Å². The van der Waals surface area contributed by atoms with Crippen LogP contribution in [0.5, 0.6) is 0 Å². The number of carbonyl (C=O) groups excluding carboxylic acids is 1. The molecule has 1 aliphatic heterocycles. The van der Waals surface area contributed by atoms with Crippen molar-refractivity contribution in [1.29, 1.82) is 5.26 Å². The van der Waals surface area contributed by atoms with Gasteiger partial charge >= 0.3 is 12.1 Å². The van der Waals surface area contributed by atoms with Crippen LogP contribution >= 0.6 is 0 Å². The maximum Gasteiger partial charge on any atom is 0.408 e. The standard InChI is InChI=1S/C26H28F2N4O5/c1-25(2,3)37-24(36)30-26(5-6-26)13-4-7-31(11-13)21-15(10-29)20-14(8-18(21)28)22(33)16(23(34)35)12-32(20)19-9-17(19)27/h8,12-13,17,19H,4-7,9,11H2,1-3H3,(H,30,36)(H,34,35)/t13-,17+,19-/m1/s1. The Bertz CT molecular complexity index is 1420. The molecule has 0 unspecified atom stereocenters. The quantitative estimate of drug-likeness (QED) is 0.621. The second kappa shape index (κ2) is 8.43. The number of amides is 1. The lowest BCUT2D eigenvalue weighted by molar-refractivity contribution is 0.0477. The number of alkyl halides is 1. The fourth-order valence-electron chi connectivity index (χ4n) is 5.44. The number of nitrogens with zero attached hydrogens (tertiary/aromatic N) is 3. The predicted molar refractivity (Wildman–Crippen MR) is 130 cm³/mol. The minimum Gasteiger partial charge on any atom is -0.477 e. The lowest BCUT2D eigenvalue weighted by atomic mass is 9.96. The van der Waals surface area contributed by atoms with Gasteiger partial charge in [0.15, 0.2) is 0 Å². The Labute approximate surface area is 211 Å². The molecule has 5 rings (SSSR count). The summed E-state index contributed by atoms with van der Waals surface area (Å²) in [6.45, 7) is 6.11. The normalized spacial score (nSPS) is 24.0. The van der Waals surface area contributed by atoms with Crippen LogP contribution in [0.15, 0.2) is 17.1 Å². The molecule has 3 fully saturated rings. The summed E-state index contributed by atoms with van der Waals surface area (Å²) < 4.78 is 36.3. The first kappa shape index (κ1) is 25.0. The molecule has 0 radical (unpaired) electrons. The molecule has 2 N–H and O–H groups in total. The smallest absolute Gasteiger partial charge is 0.408 e. The van der Waals surface area contributed by atoms with Crippen LogP contribution in [0, 0.1) is 23.1 Å². The SMILES string of the molecule is CC(C)(C)OC(=O)NC1([C@@H]2CCN(c3c(F)cc4c(=O)c(C(=O)O)cn([C@@H]5C[C@@H]5F)c4c3C#N)C2)CC1. The average Bonchev–Trinajstić information content (AvgIpc) is 3.68. The van der Waals surface area contributed by atoms with Gasteiger partial charge in [0.2, 0.25) is 5.43 Å². The Morgan fingerprint density at radius 2 is 2.00 bits per heavy atom. The van der Waals surface area contributed by atoms with Crippen LogP contribution in [0.4, 0.5) is 19.3 Å². The highest BCUT2D eigenvalue weighted by Crippen LogP contribution is 2.48. The molecule has 0 spiro atoms. The van der Waals surface area contributed by atoms with Crippen molar-refractivity contribution in [2.75, 3.05) is 18.0 Å². The van der Waals surface area contributed by atoms with Gasteiger partial charge in [-0.05, 0) is 46.1 Å². The molecule has 2 aromatic rings. The first-order chi connectivity index (χ1) is 17.3. The van der Waals surface area contributed by atoms with E-state index >= 15 is 4.39 Å². The topological polar surface area (TPSA) is 125 Å². The van der Waals surface area contributed by atoms with Crippen LogP contribution in [0.25, 0.3) is 10.9 Å². The Morgan fingerprint density at radius 3 is 2.54 bits per heavy atom. The number of ether oxygens (including phenoxy) is 1. The molecule has 1 aromatic carbocycles. The third-order valence-electron chi connectivity index (χ3n) is 7.45. The molecule has 37 heavy (non-hydrogen) atoms. The van der Waals surface area contributed by atoms with Gasteiger partial charge < -0.3 is 24.6 Å². The van der Waals surface area contributed by atoms with Gasteiger partial charge in [-0.25, -0.2) is 18.4 Å². The number of carboxylic acid groups (broad SMARTS) is 1. The summed E-state index contributed by atoms with van der Waals surface area (Å²) >= 11 is 0. The highest BCUT2D eigenvalue weighted by Gasteiger charge is 2.53. The molecule has 3 aliphatic rings. The van der Waals surface area contributed by atoms with Gasteiger partial charge in [0.25, 0.3) is 0 Å². The van der Waals surface area contributed by atoms with Gasteiger partial charge in [-0.15, -0.1) is 0 Å². The lowest BCUT2D eigenvalue weighted by Gasteiger charge is -2.28. The van der Waals surface area contributed by atoms with E-state index in [0.717, 1.165) is 25.1 Å². The number of rotatable bonds is 5.